The lowest BCUT2D eigenvalue weighted by atomic mass is 9.85. The molecule has 2 aromatic carbocycles. The van der Waals surface area contributed by atoms with E-state index in [9.17, 15) is 0 Å². The Hall–Kier alpha value is -1.80. The van der Waals surface area contributed by atoms with Gasteiger partial charge in [0.05, 0.1) is 0 Å². The number of nitrogen functional groups attached to an aromatic ring is 1. The fourth-order valence-corrected chi connectivity index (χ4v) is 2.22. The standard InChI is InChI=1S/C15H18N2/c1-11(16)15(12-7-3-2-4-8-12)13-9-5-6-10-14(13)17/h2-11,15H,16-17H2,1H3. The van der Waals surface area contributed by atoms with Crippen LogP contribution in [0.4, 0.5) is 5.69 Å². The first kappa shape index (κ1) is 11.7. The second kappa shape index (κ2) is 5.02. The molecule has 17 heavy (non-hydrogen) atoms. The zero-order chi connectivity index (χ0) is 12.3. The van der Waals surface area contributed by atoms with Crippen molar-refractivity contribution in [2.75, 3.05) is 5.73 Å². The zero-order valence-corrected chi connectivity index (χ0v) is 10.0. The molecule has 2 heteroatoms. The van der Waals surface area contributed by atoms with Gasteiger partial charge in [-0.15, -0.1) is 0 Å². The van der Waals surface area contributed by atoms with Crippen LogP contribution < -0.4 is 11.5 Å². The van der Waals surface area contributed by atoms with Crippen molar-refractivity contribution in [1.82, 2.24) is 0 Å². The largest absolute Gasteiger partial charge is 0.398 e. The molecule has 0 amide bonds. The van der Waals surface area contributed by atoms with Crippen LogP contribution in [-0.4, -0.2) is 6.04 Å². The van der Waals surface area contributed by atoms with Crippen LogP contribution in [0.2, 0.25) is 0 Å². The summed E-state index contributed by atoms with van der Waals surface area (Å²) in [5, 5.41) is 0. The molecule has 0 saturated heterocycles. The molecule has 88 valence electrons. The Labute approximate surface area is 102 Å². The summed E-state index contributed by atoms with van der Waals surface area (Å²) in [6, 6.07) is 18.2. The van der Waals surface area contributed by atoms with Crippen LogP contribution in [-0.2, 0) is 0 Å². The van der Waals surface area contributed by atoms with Gasteiger partial charge in [0.15, 0.2) is 0 Å². The fourth-order valence-electron chi connectivity index (χ4n) is 2.22. The van der Waals surface area contributed by atoms with Gasteiger partial charge in [-0.25, -0.2) is 0 Å². The van der Waals surface area contributed by atoms with Gasteiger partial charge >= 0.3 is 0 Å². The molecule has 2 nitrogen and oxygen atoms in total. The van der Waals surface area contributed by atoms with Crippen molar-refractivity contribution in [3.05, 3.63) is 65.7 Å². The molecule has 0 aliphatic heterocycles. The van der Waals surface area contributed by atoms with Crippen LogP contribution >= 0.6 is 0 Å². The number of rotatable bonds is 3. The quantitative estimate of drug-likeness (QED) is 0.791. The highest BCUT2D eigenvalue weighted by Crippen LogP contribution is 2.30. The second-order valence-corrected chi connectivity index (χ2v) is 4.38. The van der Waals surface area contributed by atoms with E-state index in [4.69, 9.17) is 11.5 Å². The predicted octanol–water partition coefficient (Wildman–Crippen LogP) is 2.75. The lowest BCUT2D eigenvalue weighted by Gasteiger charge is -2.23. The molecule has 4 N–H and O–H groups in total. The Morgan fingerprint density at radius 1 is 0.882 bits per heavy atom. The maximum Gasteiger partial charge on any atom is 0.0353 e. The van der Waals surface area contributed by atoms with Crippen molar-refractivity contribution < 1.29 is 0 Å². The molecule has 0 spiro atoms. The van der Waals surface area contributed by atoms with Gasteiger partial charge in [0.25, 0.3) is 0 Å². The van der Waals surface area contributed by atoms with Gasteiger partial charge in [0.2, 0.25) is 0 Å². The maximum atomic E-state index is 6.11. The summed E-state index contributed by atoms with van der Waals surface area (Å²) in [7, 11) is 0. The first-order valence-electron chi connectivity index (χ1n) is 5.85. The smallest absolute Gasteiger partial charge is 0.0353 e. The summed E-state index contributed by atoms with van der Waals surface area (Å²) in [6.07, 6.45) is 0. The Bertz CT molecular complexity index is 477. The first-order valence-corrected chi connectivity index (χ1v) is 5.85. The van der Waals surface area contributed by atoms with E-state index in [1.807, 2.05) is 43.3 Å². The summed E-state index contributed by atoms with van der Waals surface area (Å²) < 4.78 is 0. The molecule has 0 aliphatic carbocycles. The van der Waals surface area contributed by atoms with Gasteiger partial charge in [0, 0.05) is 17.6 Å². The van der Waals surface area contributed by atoms with Crippen LogP contribution in [0.15, 0.2) is 54.6 Å². The molecule has 2 aromatic rings. The first-order chi connectivity index (χ1) is 8.20. The SMILES string of the molecule is CC(N)C(c1ccccc1)c1ccccc1N. The van der Waals surface area contributed by atoms with Gasteiger partial charge < -0.3 is 11.5 Å². The molecule has 0 bridgehead atoms. The van der Waals surface area contributed by atoms with Gasteiger partial charge in [-0.2, -0.15) is 0 Å². The third-order valence-corrected chi connectivity index (χ3v) is 3.02. The summed E-state index contributed by atoms with van der Waals surface area (Å²) in [5.41, 5.74) is 15.3. The number of anilines is 1. The normalized spacial score (nSPS) is 14.2. The van der Waals surface area contributed by atoms with E-state index in [0.29, 0.717) is 0 Å². The highest BCUT2D eigenvalue weighted by molar-refractivity contribution is 5.52. The molecule has 2 atom stereocenters. The molecular weight excluding hydrogens is 208 g/mol. The number of nitrogens with two attached hydrogens (primary N) is 2. The van der Waals surface area contributed by atoms with Crippen molar-refractivity contribution in [3.8, 4) is 0 Å². The van der Waals surface area contributed by atoms with E-state index >= 15 is 0 Å². The molecule has 2 unspecified atom stereocenters. The Morgan fingerprint density at radius 2 is 1.47 bits per heavy atom. The molecule has 0 heterocycles. The van der Waals surface area contributed by atoms with Crippen molar-refractivity contribution in [1.29, 1.82) is 0 Å². The third kappa shape index (κ3) is 2.48. The minimum Gasteiger partial charge on any atom is -0.398 e. The van der Waals surface area contributed by atoms with E-state index in [1.54, 1.807) is 0 Å². The molecule has 0 saturated carbocycles. The van der Waals surface area contributed by atoms with E-state index in [0.717, 1.165) is 11.3 Å². The number of hydrogen-bond acceptors (Lipinski definition) is 2. The summed E-state index contributed by atoms with van der Waals surface area (Å²) >= 11 is 0. The van der Waals surface area contributed by atoms with Crippen LogP contribution in [0.3, 0.4) is 0 Å². The van der Waals surface area contributed by atoms with E-state index < -0.39 is 0 Å². The average Bonchev–Trinajstić information content (AvgIpc) is 2.33. The molecular formula is C15H18N2. The van der Waals surface area contributed by atoms with Crippen LogP contribution in [0.1, 0.15) is 24.0 Å². The monoisotopic (exact) mass is 226 g/mol. The van der Waals surface area contributed by atoms with Crippen LogP contribution in [0, 0.1) is 0 Å². The minimum absolute atomic E-state index is 0.0297. The maximum absolute atomic E-state index is 6.11. The average molecular weight is 226 g/mol. The fraction of sp³-hybridized carbons (Fsp3) is 0.200. The minimum atomic E-state index is 0.0297. The summed E-state index contributed by atoms with van der Waals surface area (Å²) in [5.74, 6) is 0.150. The second-order valence-electron chi connectivity index (χ2n) is 4.38. The lowest BCUT2D eigenvalue weighted by Crippen LogP contribution is -2.26. The molecule has 0 radical (unpaired) electrons. The van der Waals surface area contributed by atoms with Gasteiger partial charge in [-0.05, 0) is 24.1 Å². The van der Waals surface area contributed by atoms with Crippen molar-refractivity contribution in [3.63, 3.8) is 0 Å². The third-order valence-electron chi connectivity index (χ3n) is 3.02. The zero-order valence-electron chi connectivity index (χ0n) is 10.0. The molecule has 2 rings (SSSR count). The number of para-hydroxylation sites is 1. The molecule has 0 fully saturated rings. The van der Waals surface area contributed by atoms with Gasteiger partial charge in [-0.1, -0.05) is 48.5 Å². The van der Waals surface area contributed by atoms with Crippen LogP contribution in [0.25, 0.3) is 0 Å². The Kier molecular flexibility index (Phi) is 3.45. The molecule has 0 aliphatic rings. The summed E-state index contributed by atoms with van der Waals surface area (Å²) in [4.78, 5) is 0. The van der Waals surface area contributed by atoms with E-state index in [2.05, 4.69) is 18.2 Å². The summed E-state index contributed by atoms with van der Waals surface area (Å²) in [6.45, 7) is 2.02. The van der Waals surface area contributed by atoms with Crippen molar-refractivity contribution in [2.45, 2.75) is 18.9 Å². The van der Waals surface area contributed by atoms with Gasteiger partial charge in [0.1, 0.15) is 0 Å². The van der Waals surface area contributed by atoms with Gasteiger partial charge in [-0.3, -0.25) is 0 Å². The highest BCUT2D eigenvalue weighted by Gasteiger charge is 2.19. The predicted molar refractivity (Wildman–Crippen MR) is 72.8 cm³/mol. The molecule has 0 aromatic heterocycles. The lowest BCUT2D eigenvalue weighted by molar-refractivity contribution is 0.646. The van der Waals surface area contributed by atoms with Crippen LogP contribution in [0.5, 0.6) is 0 Å². The number of benzene rings is 2. The Balaban J connectivity index is 2.47. The van der Waals surface area contributed by atoms with E-state index in [-0.39, 0.29) is 12.0 Å². The topological polar surface area (TPSA) is 52.0 Å². The Morgan fingerprint density at radius 3 is 2.06 bits per heavy atom. The van der Waals surface area contributed by atoms with Crippen molar-refractivity contribution >= 4 is 5.69 Å². The van der Waals surface area contributed by atoms with E-state index in [1.165, 1.54) is 5.56 Å². The van der Waals surface area contributed by atoms with Crippen molar-refractivity contribution in [2.24, 2.45) is 5.73 Å². The highest BCUT2D eigenvalue weighted by atomic mass is 14.6. The number of hydrogen-bond donors (Lipinski definition) is 2.